The number of nitrogens with one attached hydrogen (secondary N) is 2. The van der Waals surface area contributed by atoms with Gasteiger partial charge in [-0.05, 0) is 12.1 Å². The molecule has 0 atom stereocenters. The first-order valence-corrected chi connectivity index (χ1v) is 7.88. The largest absolute Gasteiger partial charge is 0.507 e. The first-order valence-electron chi connectivity index (χ1n) is 7.88. The van der Waals surface area contributed by atoms with Crippen molar-refractivity contribution in [1.82, 2.24) is 21.0 Å². The number of phenols is 1. The van der Waals surface area contributed by atoms with Gasteiger partial charge in [-0.1, -0.05) is 47.6 Å². The molecule has 0 bridgehead atoms. The van der Waals surface area contributed by atoms with Crippen LogP contribution in [0.15, 0.2) is 59.1 Å². The zero-order valence-corrected chi connectivity index (χ0v) is 13.7. The number of amides is 2. The van der Waals surface area contributed by atoms with Crippen molar-refractivity contribution in [3.05, 3.63) is 66.1 Å². The number of aromatic nitrogens is 2. The molecular formula is C18H16N4O4. The van der Waals surface area contributed by atoms with Crippen molar-refractivity contribution in [3.63, 3.8) is 0 Å². The fraction of sp³-hybridized carbons (Fsp3) is 0.111. The molecule has 0 aliphatic rings. The van der Waals surface area contributed by atoms with Crippen molar-refractivity contribution in [2.45, 2.75) is 12.8 Å². The summed E-state index contributed by atoms with van der Waals surface area (Å²) in [5.41, 5.74) is 5.41. The highest BCUT2D eigenvalue weighted by Crippen LogP contribution is 2.16. The Bertz CT molecular complexity index is 908. The molecule has 132 valence electrons. The molecule has 26 heavy (non-hydrogen) atoms. The minimum absolute atomic E-state index is 0.0531. The smallest absolute Gasteiger partial charge is 0.273 e. The monoisotopic (exact) mass is 352 g/mol. The molecule has 8 heteroatoms. The normalized spacial score (nSPS) is 10.3. The first-order chi connectivity index (χ1) is 12.6. The zero-order chi connectivity index (χ0) is 18.4. The molecular weight excluding hydrogens is 336 g/mol. The fourth-order valence-electron chi connectivity index (χ4n) is 2.20. The van der Waals surface area contributed by atoms with E-state index in [9.17, 15) is 14.7 Å². The van der Waals surface area contributed by atoms with E-state index < -0.39 is 11.8 Å². The number of para-hydroxylation sites is 1. The molecule has 0 saturated heterocycles. The van der Waals surface area contributed by atoms with Crippen LogP contribution in [0.3, 0.4) is 0 Å². The van der Waals surface area contributed by atoms with E-state index in [2.05, 4.69) is 21.0 Å². The average molecular weight is 352 g/mol. The van der Waals surface area contributed by atoms with Crippen LogP contribution in [0.4, 0.5) is 0 Å². The van der Waals surface area contributed by atoms with E-state index in [1.54, 1.807) is 12.1 Å². The first kappa shape index (κ1) is 17.2. The van der Waals surface area contributed by atoms with Crippen LogP contribution in [-0.4, -0.2) is 27.1 Å². The summed E-state index contributed by atoms with van der Waals surface area (Å²) < 4.78 is 5.12. The highest BCUT2D eigenvalue weighted by molar-refractivity contribution is 5.97. The van der Waals surface area contributed by atoms with E-state index >= 15 is 0 Å². The third-order valence-corrected chi connectivity index (χ3v) is 3.53. The van der Waals surface area contributed by atoms with Crippen molar-refractivity contribution in [3.8, 4) is 17.1 Å². The third kappa shape index (κ3) is 4.23. The number of aryl methyl sites for hydroxylation is 1. The molecule has 1 aromatic heterocycles. The van der Waals surface area contributed by atoms with Gasteiger partial charge in [0.25, 0.3) is 5.91 Å². The van der Waals surface area contributed by atoms with Crippen LogP contribution in [0.1, 0.15) is 22.7 Å². The van der Waals surface area contributed by atoms with Gasteiger partial charge in [0.2, 0.25) is 17.6 Å². The summed E-state index contributed by atoms with van der Waals surface area (Å²) in [6.45, 7) is 0. The highest BCUT2D eigenvalue weighted by atomic mass is 16.5. The average Bonchev–Trinajstić information content (AvgIpc) is 3.14. The van der Waals surface area contributed by atoms with Crippen molar-refractivity contribution in [2.75, 3.05) is 0 Å². The molecule has 0 unspecified atom stereocenters. The molecule has 2 amide bonds. The van der Waals surface area contributed by atoms with Gasteiger partial charge in [-0.3, -0.25) is 20.4 Å². The van der Waals surface area contributed by atoms with E-state index in [0.717, 1.165) is 5.56 Å². The number of hydrogen-bond donors (Lipinski definition) is 3. The molecule has 3 N–H and O–H groups in total. The minimum atomic E-state index is -0.611. The number of hydrazine groups is 1. The lowest BCUT2D eigenvalue weighted by atomic mass is 10.2. The third-order valence-electron chi connectivity index (χ3n) is 3.53. The van der Waals surface area contributed by atoms with Crippen LogP contribution in [0.5, 0.6) is 5.75 Å². The van der Waals surface area contributed by atoms with Crippen molar-refractivity contribution >= 4 is 11.8 Å². The second-order valence-electron chi connectivity index (χ2n) is 5.40. The summed E-state index contributed by atoms with van der Waals surface area (Å²) in [6.07, 6.45) is 0.287. The van der Waals surface area contributed by atoms with Gasteiger partial charge < -0.3 is 9.63 Å². The van der Waals surface area contributed by atoms with Crippen LogP contribution >= 0.6 is 0 Å². The Balaban J connectivity index is 1.48. The quantitative estimate of drug-likeness (QED) is 0.603. The van der Waals surface area contributed by atoms with E-state index in [1.165, 1.54) is 12.1 Å². The van der Waals surface area contributed by atoms with E-state index in [-0.39, 0.29) is 24.2 Å². The second-order valence-corrected chi connectivity index (χ2v) is 5.40. The van der Waals surface area contributed by atoms with Crippen LogP contribution in [0, 0.1) is 0 Å². The van der Waals surface area contributed by atoms with Crippen molar-refractivity contribution < 1.29 is 19.2 Å². The maximum atomic E-state index is 11.9. The molecule has 1 heterocycles. The van der Waals surface area contributed by atoms with Gasteiger partial charge in [0.1, 0.15) is 5.75 Å². The Morgan fingerprint density at radius 3 is 2.50 bits per heavy atom. The summed E-state index contributed by atoms with van der Waals surface area (Å²) in [7, 11) is 0. The summed E-state index contributed by atoms with van der Waals surface area (Å²) in [6, 6.07) is 15.4. The van der Waals surface area contributed by atoms with Crippen LogP contribution in [0.2, 0.25) is 0 Å². The van der Waals surface area contributed by atoms with Gasteiger partial charge in [-0.15, -0.1) is 0 Å². The lowest BCUT2D eigenvalue weighted by Gasteiger charge is -2.07. The summed E-state index contributed by atoms with van der Waals surface area (Å²) in [5.74, 6) is -0.424. The molecule has 0 spiro atoms. The van der Waals surface area contributed by atoms with Gasteiger partial charge in [0.05, 0.1) is 5.56 Å². The lowest BCUT2D eigenvalue weighted by molar-refractivity contribution is -0.121. The van der Waals surface area contributed by atoms with Gasteiger partial charge in [0, 0.05) is 18.4 Å². The van der Waals surface area contributed by atoms with Gasteiger partial charge in [0.15, 0.2) is 0 Å². The standard InChI is InChI=1S/C18H16N4O4/c23-14-9-5-4-8-13(14)18(25)21-20-15(24)10-11-16-19-17(22-26-16)12-6-2-1-3-7-12/h1-9,23H,10-11H2,(H,20,24)(H,21,25). The van der Waals surface area contributed by atoms with Gasteiger partial charge in [-0.2, -0.15) is 4.98 Å². The summed E-state index contributed by atoms with van der Waals surface area (Å²) in [4.78, 5) is 27.9. The Hall–Kier alpha value is -3.68. The molecule has 0 saturated carbocycles. The van der Waals surface area contributed by atoms with E-state index in [1.807, 2.05) is 30.3 Å². The summed E-state index contributed by atoms with van der Waals surface area (Å²) in [5, 5.41) is 13.5. The lowest BCUT2D eigenvalue weighted by Crippen LogP contribution is -2.41. The minimum Gasteiger partial charge on any atom is -0.507 e. The molecule has 2 aromatic carbocycles. The Labute approximate surface area is 148 Å². The Kier molecular flexibility index (Phi) is 5.23. The zero-order valence-electron chi connectivity index (χ0n) is 13.7. The molecule has 3 aromatic rings. The Morgan fingerprint density at radius 1 is 1.00 bits per heavy atom. The predicted molar refractivity (Wildman–Crippen MR) is 91.8 cm³/mol. The number of carbonyl (C=O) groups excluding carboxylic acids is 2. The Morgan fingerprint density at radius 2 is 1.73 bits per heavy atom. The number of benzene rings is 2. The van der Waals surface area contributed by atoms with Crippen LogP contribution in [-0.2, 0) is 11.2 Å². The number of aromatic hydroxyl groups is 1. The number of phenolic OH excluding ortho intramolecular Hbond substituents is 1. The van der Waals surface area contributed by atoms with E-state index in [4.69, 9.17) is 4.52 Å². The summed E-state index contributed by atoms with van der Waals surface area (Å²) >= 11 is 0. The van der Waals surface area contributed by atoms with Crippen LogP contribution < -0.4 is 10.9 Å². The SMILES string of the molecule is O=C(CCc1nc(-c2ccccc2)no1)NNC(=O)c1ccccc1O. The van der Waals surface area contributed by atoms with Gasteiger partial charge in [-0.25, -0.2) is 0 Å². The van der Waals surface area contributed by atoms with Crippen molar-refractivity contribution in [1.29, 1.82) is 0 Å². The number of nitrogens with zero attached hydrogens (tertiary/aromatic N) is 2. The number of carbonyl (C=O) groups is 2. The molecule has 0 fully saturated rings. The molecule has 0 radical (unpaired) electrons. The molecule has 0 aliphatic heterocycles. The van der Waals surface area contributed by atoms with Gasteiger partial charge >= 0.3 is 0 Å². The predicted octanol–water partition coefficient (Wildman–Crippen LogP) is 1.84. The second kappa shape index (κ2) is 7.93. The molecule has 0 aliphatic carbocycles. The number of hydrogen-bond acceptors (Lipinski definition) is 6. The fourth-order valence-corrected chi connectivity index (χ4v) is 2.20. The molecule has 3 rings (SSSR count). The topological polar surface area (TPSA) is 117 Å². The van der Waals surface area contributed by atoms with E-state index in [0.29, 0.717) is 11.7 Å². The maximum Gasteiger partial charge on any atom is 0.273 e. The highest BCUT2D eigenvalue weighted by Gasteiger charge is 2.13. The number of rotatable bonds is 5. The maximum absolute atomic E-state index is 11.9. The van der Waals surface area contributed by atoms with Crippen LogP contribution in [0.25, 0.3) is 11.4 Å². The van der Waals surface area contributed by atoms with Crippen molar-refractivity contribution in [2.24, 2.45) is 0 Å². The molecule has 8 nitrogen and oxygen atoms in total.